The first kappa shape index (κ1) is 27.7. The fourth-order valence-corrected chi connectivity index (χ4v) is 11.1. The van der Waals surface area contributed by atoms with Crippen molar-refractivity contribution in [1.82, 2.24) is 0 Å². The molecule has 8 unspecified atom stereocenters. The van der Waals surface area contributed by atoms with Gasteiger partial charge in [-0.1, -0.05) is 73.5 Å². The average molecular weight is 513 g/mol. The van der Waals surface area contributed by atoms with Crippen molar-refractivity contribution < 1.29 is 14.6 Å². The Morgan fingerprint density at radius 3 is 2.35 bits per heavy atom. The van der Waals surface area contributed by atoms with Crippen LogP contribution in [0.2, 0.25) is 0 Å². The molecule has 0 aromatic carbocycles. The SMILES string of the molecule is CCCCOC(=O)C12CCC(C)(C)CC1C1=CCC3C4(C)CCC(O)C(C)(C)C4CCC3(C)C1(C)CC2. The van der Waals surface area contributed by atoms with E-state index in [0.717, 1.165) is 64.2 Å². The maximum Gasteiger partial charge on any atom is 0.312 e. The van der Waals surface area contributed by atoms with Crippen LogP contribution in [0.15, 0.2) is 11.6 Å². The molecule has 0 bridgehead atoms. The second-order valence-corrected chi connectivity index (χ2v) is 16.2. The smallest absolute Gasteiger partial charge is 0.312 e. The van der Waals surface area contributed by atoms with E-state index in [1.165, 1.54) is 12.8 Å². The number of esters is 1. The van der Waals surface area contributed by atoms with E-state index in [2.05, 4.69) is 61.5 Å². The second kappa shape index (κ2) is 8.84. The van der Waals surface area contributed by atoms with Crippen molar-refractivity contribution >= 4 is 5.97 Å². The Morgan fingerprint density at radius 2 is 1.65 bits per heavy atom. The third-order valence-corrected chi connectivity index (χ3v) is 13.8. The number of carbonyl (C=O) groups is 1. The number of ether oxygens (including phenoxy) is 1. The Hall–Kier alpha value is -0.830. The quantitative estimate of drug-likeness (QED) is 0.233. The molecule has 5 aliphatic carbocycles. The van der Waals surface area contributed by atoms with Gasteiger partial charge in [0.05, 0.1) is 18.1 Å². The lowest BCUT2D eigenvalue weighted by molar-refractivity contribution is -0.206. The molecule has 0 heterocycles. The Balaban J connectivity index is 1.54. The number of carbonyl (C=O) groups excluding carboxylic acids is 1. The highest BCUT2D eigenvalue weighted by atomic mass is 16.5. The van der Waals surface area contributed by atoms with Crippen LogP contribution in [0, 0.1) is 50.2 Å². The number of fused-ring (bicyclic) bond motifs is 7. The lowest BCUT2D eigenvalue weighted by Gasteiger charge is -2.71. The predicted octanol–water partition coefficient (Wildman–Crippen LogP) is 8.49. The number of hydrogen-bond donors (Lipinski definition) is 1. The van der Waals surface area contributed by atoms with Crippen molar-refractivity contribution in [2.24, 2.45) is 50.2 Å². The van der Waals surface area contributed by atoms with Gasteiger partial charge in [0.15, 0.2) is 0 Å². The summed E-state index contributed by atoms with van der Waals surface area (Å²) in [6.45, 7) is 20.0. The van der Waals surface area contributed by atoms with E-state index >= 15 is 0 Å². The highest BCUT2D eigenvalue weighted by molar-refractivity contribution is 5.78. The molecule has 0 aromatic rings. The first-order valence-corrected chi connectivity index (χ1v) is 15.7. The molecular weight excluding hydrogens is 456 g/mol. The van der Waals surface area contributed by atoms with Gasteiger partial charge >= 0.3 is 5.97 Å². The number of rotatable bonds is 4. The lowest BCUT2D eigenvalue weighted by atomic mass is 9.33. The minimum absolute atomic E-state index is 0.0173. The summed E-state index contributed by atoms with van der Waals surface area (Å²) in [5, 5.41) is 11.0. The fourth-order valence-electron chi connectivity index (χ4n) is 11.1. The van der Waals surface area contributed by atoms with Crippen molar-refractivity contribution in [3.8, 4) is 0 Å². The molecule has 3 heteroatoms. The fraction of sp³-hybridized carbons (Fsp3) is 0.912. The summed E-state index contributed by atoms with van der Waals surface area (Å²) >= 11 is 0. The first-order valence-electron chi connectivity index (χ1n) is 15.7. The zero-order chi connectivity index (χ0) is 27.1. The van der Waals surface area contributed by atoms with Gasteiger partial charge in [-0.3, -0.25) is 4.79 Å². The first-order chi connectivity index (χ1) is 17.2. The molecule has 0 aromatic heterocycles. The van der Waals surface area contributed by atoms with Crippen LogP contribution in [0.5, 0.6) is 0 Å². The molecule has 0 saturated heterocycles. The molecule has 4 fully saturated rings. The summed E-state index contributed by atoms with van der Waals surface area (Å²) in [6.07, 6.45) is 15.5. The Labute approximate surface area is 227 Å². The highest BCUT2D eigenvalue weighted by Crippen LogP contribution is 2.75. The van der Waals surface area contributed by atoms with E-state index in [-0.39, 0.29) is 44.6 Å². The van der Waals surface area contributed by atoms with Gasteiger partial charge in [0, 0.05) is 0 Å². The zero-order valence-electron chi connectivity index (χ0n) is 25.3. The predicted molar refractivity (Wildman–Crippen MR) is 151 cm³/mol. The van der Waals surface area contributed by atoms with Gasteiger partial charge in [-0.2, -0.15) is 0 Å². The van der Waals surface area contributed by atoms with E-state index in [1.54, 1.807) is 5.57 Å². The van der Waals surface area contributed by atoms with E-state index in [9.17, 15) is 9.90 Å². The number of unbranched alkanes of at least 4 members (excludes halogenated alkanes) is 1. The van der Waals surface area contributed by atoms with Crippen molar-refractivity contribution in [3.05, 3.63) is 11.6 Å². The summed E-state index contributed by atoms with van der Waals surface area (Å²) in [5.41, 5.74) is 2.18. The number of aliphatic hydroxyl groups excluding tert-OH is 1. The van der Waals surface area contributed by atoms with Crippen LogP contribution >= 0.6 is 0 Å². The third-order valence-electron chi connectivity index (χ3n) is 13.8. The van der Waals surface area contributed by atoms with Crippen LogP contribution in [0.3, 0.4) is 0 Å². The van der Waals surface area contributed by atoms with Crippen LogP contribution in [0.1, 0.15) is 132 Å². The molecule has 3 nitrogen and oxygen atoms in total. The topological polar surface area (TPSA) is 46.5 Å². The summed E-state index contributed by atoms with van der Waals surface area (Å²) in [5.74, 6) is 1.64. The molecule has 0 aliphatic heterocycles. The average Bonchev–Trinajstić information content (AvgIpc) is 2.82. The normalized spacial score (nSPS) is 48.0. The summed E-state index contributed by atoms with van der Waals surface area (Å²) in [7, 11) is 0. The summed E-state index contributed by atoms with van der Waals surface area (Å²) in [4.78, 5) is 13.8. The molecule has 8 atom stereocenters. The van der Waals surface area contributed by atoms with Gasteiger partial charge < -0.3 is 9.84 Å². The number of allylic oxidation sites excluding steroid dienone is 2. The molecule has 0 radical (unpaired) electrons. The van der Waals surface area contributed by atoms with Crippen LogP contribution in [-0.4, -0.2) is 23.8 Å². The monoisotopic (exact) mass is 512 g/mol. The van der Waals surface area contributed by atoms with E-state index in [4.69, 9.17) is 4.74 Å². The van der Waals surface area contributed by atoms with E-state index in [0.29, 0.717) is 24.4 Å². The molecule has 5 aliphatic rings. The molecule has 0 amide bonds. The molecule has 0 spiro atoms. The van der Waals surface area contributed by atoms with E-state index < -0.39 is 0 Å². The number of hydrogen-bond acceptors (Lipinski definition) is 3. The molecule has 210 valence electrons. The van der Waals surface area contributed by atoms with Crippen LogP contribution in [0.4, 0.5) is 0 Å². The van der Waals surface area contributed by atoms with Gasteiger partial charge in [-0.25, -0.2) is 0 Å². The Kier molecular flexibility index (Phi) is 6.62. The lowest BCUT2D eigenvalue weighted by Crippen LogP contribution is -2.65. The maximum atomic E-state index is 13.8. The maximum absolute atomic E-state index is 13.8. The van der Waals surface area contributed by atoms with Gasteiger partial charge in [-0.15, -0.1) is 0 Å². The van der Waals surface area contributed by atoms with Crippen molar-refractivity contribution in [3.63, 3.8) is 0 Å². The highest BCUT2D eigenvalue weighted by Gasteiger charge is 2.69. The minimum atomic E-state index is -0.324. The second-order valence-electron chi connectivity index (χ2n) is 16.2. The van der Waals surface area contributed by atoms with Gasteiger partial charge in [0.25, 0.3) is 0 Å². The standard InChI is InChI=1S/C34H56O3/c1-9-10-21-37-28(36)34-19-17-29(2,3)22-24(34)23-11-12-26-31(6)15-14-27(35)30(4,5)25(31)13-16-33(26,8)32(23,7)18-20-34/h11,24-27,35H,9-10,12-22H2,1-8H3. The number of aliphatic hydroxyl groups is 1. The van der Waals surface area contributed by atoms with Gasteiger partial charge in [0.2, 0.25) is 0 Å². The molecule has 5 rings (SSSR count). The molecule has 37 heavy (non-hydrogen) atoms. The zero-order valence-corrected chi connectivity index (χ0v) is 25.3. The molecule has 4 saturated carbocycles. The van der Waals surface area contributed by atoms with Crippen LogP contribution in [-0.2, 0) is 9.53 Å². The summed E-state index contributed by atoms with van der Waals surface area (Å²) < 4.78 is 6.02. The van der Waals surface area contributed by atoms with Gasteiger partial charge in [-0.05, 0) is 115 Å². The van der Waals surface area contributed by atoms with E-state index in [1.807, 2.05) is 0 Å². The van der Waals surface area contributed by atoms with Crippen LogP contribution in [0.25, 0.3) is 0 Å². The summed E-state index contributed by atoms with van der Waals surface area (Å²) in [6, 6.07) is 0. The molecular formula is C34H56O3. The Morgan fingerprint density at radius 1 is 0.946 bits per heavy atom. The largest absolute Gasteiger partial charge is 0.465 e. The van der Waals surface area contributed by atoms with Crippen molar-refractivity contribution in [1.29, 1.82) is 0 Å². The van der Waals surface area contributed by atoms with Crippen LogP contribution < -0.4 is 0 Å². The third kappa shape index (κ3) is 3.78. The Bertz CT molecular complexity index is 947. The molecule has 1 N–H and O–H groups in total. The van der Waals surface area contributed by atoms with Gasteiger partial charge in [0.1, 0.15) is 0 Å². The van der Waals surface area contributed by atoms with Crippen molar-refractivity contribution in [2.45, 2.75) is 139 Å². The minimum Gasteiger partial charge on any atom is -0.465 e. The van der Waals surface area contributed by atoms with Crippen molar-refractivity contribution in [2.75, 3.05) is 6.61 Å².